The van der Waals surface area contributed by atoms with Crippen LogP contribution in [0.15, 0.2) is 36.5 Å². The Morgan fingerprint density at radius 2 is 2.00 bits per heavy atom. The number of pyridine rings is 2. The lowest BCUT2D eigenvalue weighted by Crippen LogP contribution is -2.00. The average Bonchev–Trinajstić information content (AvgIpc) is 2.74. The number of nitrogens with zero attached hydrogens (tertiary/aromatic N) is 4. The number of methoxy groups -OCH3 is 1. The summed E-state index contributed by atoms with van der Waals surface area (Å²) in [5, 5.41) is 0. The number of rotatable bonds is 2. The second-order valence-corrected chi connectivity index (χ2v) is 3.88. The SMILES string of the molecule is COc1ccc2nc(C)n(-c3ccccn3)c2n1. The van der Waals surface area contributed by atoms with E-state index in [0.29, 0.717) is 5.88 Å². The van der Waals surface area contributed by atoms with Gasteiger partial charge in [-0.25, -0.2) is 9.97 Å². The zero-order valence-corrected chi connectivity index (χ0v) is 10.2. The molecule has 0 aromatic carbocycles. The Labute approximate surface area is 104 Å². The van der Waals surface area contributed by atoms with Gasteiger partial charge in [0.1, 0.15) is 17.2 Å². The first-order chi connectivity index (χ1) is 8.79. The molecule has 3 aromatic rings. The Morgan fingerprint density at radius 3 is 2.72 bits per heavy atom. The van der Waals surface area contributed by atoms with E-state index in [1.165, 1.54) is 0 Å². The van der Waals surface area contributed by atoms with Crippen LogP contribution in [0.4, 0.5) is 0 Å². The van der Waals surface area contributed by atoms with E-state index in [9.17, 15) is 0 Å². The van der Waals surface area contributed by atoms with Gasteiger partial charge in [0, 0.05) is 12.3 Å². The fourth-order valence-electron chi connectivity index (χ4n) is 1.93. The molecule has 0 aliphatic rings. The molecule has 3 aromatic heterocycles. The van der Waals surface area contributed by atoms with E-state index in [4.69, 9.17) is 4.74 Å². The highest BCUT2D eigenvalue weighted by Crippen LogP contribution is 2.20. The van der Waals surface area contributed by atoms with Crippen LogP contribution in [-0.4, -0.2) is 26.6 Å². The predicted octanol–water partition coefficient (Wildman–Crippen LogP) is 2.13. The Morgan fingerprint density at radius 1 is 1.11 bits per heavy atom. The van der Waals surface area contributed by atoms with Crippen molar-refractivity contribution >= 4 is 11.2 Å². The van der Waals surface area contributed by atoms with Crippen LogP contribution in [0.5, 0.6) is 5.88 Å². The van der Waals surface area contributed by atoms with E-state index in [0.717, 1.165) is 22.8 Å². The fourth-order valence-corrected chi connectivity index (χ4v) is 1.93. The molecule has 0 radical (unpaired) electrons. The van der Waals surface area contributed by atoms with Gasteiger partial charge in [0.2, 0.25) is 5.88 Å². The van der Waals surface area contributed by atoms with Crippen molar-refractivity contribution in [3.05, 3.63) is 42.4 Å². The van der Waals surface area contributed by atoms with Crippen molar-refractivity contribution in [1.82, 2.24) is 19.5 Å². The number of imidazole rings is 1. The second kappa shape index (κ2) is 4.10. The molecule has 5 nitrogen and oxygen atoms in total. The van der Waals surface area contributed by atoms with E-state index in [2.05, 4.69) is 15.0 Å². The van der Waals surface area contributed by atoms with E-state index < -0.39 is 0 Å². The molecule has 3 rings (SSSR count). The van der Waals surface area contributed by atoms with Gasteiger partial charge in [-0.2, -0.15) is 4.98 Å². The highest BCUT2D eigenvalue weighted by atomic mass is 16.5. The summed E-state index contributed by atoms with van der Waals surface area (Å²) in [6, 6.07) is 9.44. The van der Waals surface area contributed by atoms with Gasteiger partial charge in [0.15, 0.2) is 5.65 Å². The van der Waals surface area contributed by atoms with Gasteiger partial charge in [-0.3, -0.25) is 4.57 Å². The summed E-state index contributed by atoms with van der Waals surface area (Å²) >= 11 is 0. The van der Waals surface area contributed by atoms with Crippen LogP contribution in [0, 0.1) is 6.92 Å². The van der Waals surface area contributed by atoms with Gasteiger partial charge in [0.25, 0.3) is 0 Å². The van der Waals surface area contributed by atoms with Crippen molar-refractivity contribution in [2.75, 3.05) is 7.11 Å². The molecule has 0 saturated heterocycles. The second-order valence-electron chi connectivity index (χ2n) is 3.88. The number of hydrogen-bond donors (Lipinski definition) is 0. The van der Waals surface area contributed by atoms with Crippen molar-refractivity contribution in [1.29, 1.82) is 0 Å². The first-order valence-corrected chi connectivity index (χ1v) is 5.61. The lowest BCUT2D eigenvalue weighted by Gasteiger charge is -2.05. The van der Waals surface area contributed by atoms with E-state index in [1.54, 1.807) is 19.4 Å². The van der Waals surface area contributed by atoms with Crippen molar-refractivity contribution in [2.24, 2.45) is 0 Å². The summed E-state index contributed by atoms with van der Waals surface area (Å²) in [4.78, 5) is 13.2. The molecule has 18 heavy (non-hydrogen) atoms. The van der Waals surface area contributed by atoms with Crippen LogP contribution in [0.1, 0.15) is 5.82 Å². The highest BCUT2D eigenvalue weighted by molar-refractivity contribution is 5.74. The standard InChI is InChI=1S/C13H12N4O/c1-9-15-10-6-7-12(18-2)16-13(10)17(9)11-5-3-4-8-14-11/h3-8H,1-2H3. The highest BCUT2D eigenvalue weighted by Gasteiger charge is 2.11. The number of aryl methyl sites for hydroxylation is 1. The summed E-state index contributed by atoms with van der Waals surface area (Å²) in [6.07, 6.45) is 1.75. The minimum atomic E-state index is 0.569. The molecule has 0 N–H and O–H groups in total. The minimum Gasteiger partial charge on any atom is -0.481 e. The van der Waals surface area contributed by atoms with Crippen molar-refractivity contribution < 1.29 is 4.74 Å². The number of hydrogen-bond acceptors (Lipinski definition) is 4. The Hall–Kier alpha value is -2.43. The maximum absolute atomic E-state index is 5.15. The van der Waals surface area contributed by atoms with Crippen LogP contribution < -0.4 is 4.74 Å². The van der Waals surface area contributed by atoms with Crippen LogP contribution in [0.3, 0.4) is 0 Å². The summed E-state index contributed by atoms with van der Waals surface area (Å²) < 4.78 is 7.06. The van der Waals surface area contributed by atoms with E-state index in [1.807, 2.05) is 35.8 Å². The molecule has 0 fully saturated rings. The van der Waals surface area contributed by atoms with Crippen molar-refractivity contribution in [3.63, 3.8) is 0 Å². The van der Waals surface area contributed by atoms with Crippen molar-refractivity contribution in [3.8, 4) is 11.7 Å². The number of ether oxygens (including phenoxy) is 1. The molecule has 90 valence electrons. The molecular formula is C13H12N4O. The molecule has 5 heteroatoms. The lowest BCUT2D eigenvalue weighted by atomic mass is 10.4. The molecule has 0 atom stereocenters. The minimum absolute atomic E-state index is 0.569. The zero-order chi connectivity index (χ0) is 12.5. The predicted molar refractivity (Wildman–Crippen MR) is 67.9 cm³/mol. The first-order valence-electron chi connectivity index (χ1n) is 5.61. The molecule has 0 spiro atoms. The van der Waals surface area contributed by atoms with Gasteiger partial charge < -0.3 is 4.74 Å². The third-order valence-electron chi connectivity index (χ3n) is 2.73. The normalized spacial score (nSPS) is 10.8. The average molecular weight is 240 g/mol. The van der Waals surface area contributed by atoms with Crippen LogP contribution in [-0.2, 0) is 0 Å². The third-order valence-corrected chi connectivity index (χ3v) is 2.73. The van der Waals surface area contributed by atoms with Gasteiger partial charge in [-0.15, -0.1) is 0 Å². The topological polar surface area (TPSA) is 52.8 Å². The smallest absolute Gasteiger partial charge is 0.215 e. The third kappa shape index (κ3) is 1.60. The molecule has 0 bridgehead atoms. The molecule has 3 heterocycles. The Balaban J connectivity index is 2.30. The molecule has 0 saturated carbocycles. The monoisotopic (exact) mass is 240 g/mol. The Kier molecular flexibility index (Phi) is 2.44. The van der Waals surface area contributed by atoms with Gasteiger partial charge >= 0.3 is 0 Å². The zero-order valence-electron chi connectivity index (χ0n) is 10.2. The molecular weight excluding hydrogens is 228 g/mol. The van der Waals surface area contributed by atoms with Crippen LogP contribution >= 0.6 is 0 Å². The Bertz CT molecular complexity index is 691. The molecule has 0 amide bonds. The van der Waals surface area contributed by atoms with Gasteiger partial charge in [-0.05, 0) is 25.1 Å². The number of aromatic nitrogens is 4. The van der Waals surface area contributed by atoms with Crippen LogP contribution in [0.2, 0.25) is 0 Å². The fraction of sp³-hybridized carbons (Fsp3) is 0.154. The maximum Gasteiger partial charge on any atom is 0.215 e. The molecule has 0 aliphatic heterocycles. The molecule has 0 aliphatic carbocycles. The van der Waals surface area contributed by atoms with E-state index in [-0.39, 0.29) is 0 Å². The number of fused-ring (bicyclic) bond motifs is 1. The summed E-state index contributed by atoms with van der Waals surface area (Å²) in [6.45, 7) is 1.93. The lowest BCUT2D eigenvalue weighted by molar-refractivity contribution is 0.399. The molecule has 0 unspecified atom stereocenters. The summed E-state index contributed by atoms with van der Waals surface area (Å²) in [7, 11) is 1.60. The van der Waals surface area contributed by atoms with Crippen molar-refractivity contribution in [2.45, 2.75) is 6.92 Å². The largest absolute Gasteiger partial charge is 0.481 e. The van der Waals surface area contributed by atoms with Gasteiger partial charge in [0.05, 0.1) is 7.11 Å². The van der Waals surface area contributed by atoms with E-state index >= 15 is 0 Å². The first kappa shape index (κ1) is 10.7. The quantitative estimate of drug-likeness (QED) is 0.688. The maximum atomic E-state index is 5.15. The van der Waals surface area contributed by atoms with Gasteiger partial charge in [-0.1, -0.05) is 6.07 Å². The summed E-state index contributed by atoms with van der Waals surface area (Å²) in [5.41, 5.74) is 1.59. The van der Waals surface area contributed by atoms with Crippen LogP contribution in [0.25, 0.3) is 17.0 Å². The summed E-state index contributed by atoms with van der Waals surface area (Å²) in [5.74, 6) is 2.22.